The van der Waals surface area contributed by atoms with E-state index in [2.05, 4.69) is 12.2 Å². The molecule has 0 aliphatic heterocycles. The summed E-state index contributed by atoms with van der Waals surface area (Å²) in [6, 6.07) is 2.03. The largest absolute Gasteiger partial charge is 0.375 e. The van der Waals surface area contributed by atoms with Gasteiger partial charge in [-0.25, -0.2) is 0 Å². The fourth-order valence-corrected chi connectivity index (χ4v) is 2.27. The minimum Gasteiger partial charge on any atom is -0.375 e. The molecule has 0 spiro atoms. The number of aliphatic hydroxyl groups is 1. The predicted octanol–water partition coefficient (Wildman–Crippen LogP) is 1.23. The highest BCUT2D eigenvalue weighted by Crippen LogP contribution is 2.45. The number of fused-ring (bicyclic) bond motifs is 1. The SMILES string of the molecule is N#C[C@@]1(O)CC[C@H]2C=CC[C@H]21. The third-order valence-corrected chi connectivity index (χ3v) is 2.96. The summed E-state index contributed by atoms with van der Waals surface area (Å²) in [5.74, 6) is 0.659. The van der Waals surface area contributed by atoms with Crippen molar-refractivity contribution in [3.05, 3.63) is 12.2 Å². The van der Waals surface area contributed by atoms with E-state index in [4.69, 9.17) is 5.26 Å². The molecule has 1 fully saturated rings. The fraction of sp³-hybridized carbons (Fsp3) is 0.667. The van der Waals surface area contributed by atoms with Gasteiger partial charge in [0.15, 0.2) is 5.60 Å². The first-order valence-electron chi connectivity index (χ1n) is 4.06. The van der Waals surface area contributed by atoms with Gasteiger partial charge in [-0.05, 0) is 25.2 Å². The average Bonchev–Trinajstić information content (AvgIpc) is 2.55. The second-order valence-corrected chi connectivity index (χ2v) is 3.51. The first-order chi connectivity index (χ1) is 5.26. The zero-order chi connectivity index (χ0) is 7.90. The van der Waals surface area contributed by atoms with Crippen LogP contribution in [0.4, 0.5) is 0 Å². The van der Waals surface area contributed by atoms with Crippen molar-refractivity contribution in [1.82, 2.24) is 0 Å². The van der Waals surface area contributed by atoms with Crippen molar-refractivity contribution in [2.24, 2.45) is 11.8 Å². The van der Waals surface area contributed by atoms with Crippen molar-refractivity contribution in [1.29, 1.82) is 5.26 Å². The smallest absolute Gasteiger partial charge is 0.154 e. The number of allylic oxidation sites excluding steroid dienone is 2. The highest BCUT2D eigenvalue weighted by molar-refractivity contribution is 5.19. The quantitative estimate of drug-likeness (QED) is 0.416. The van der Waals surface area contributed by atoms with Gasteiger partial charge >= 0.3 is 0 Å². The number of rotatable bonds is 0. The summed E-state index contributed by atoms with van der Waals surface area (Å²) in [7, 11) is 0. The molecule has 3 atom stereocenters. The Balaban J connectivity index is 2.25. The molecule has 2 heteroatoms. The Morgan fingerprint density at radius 2 is 2.45 bits per heavy atom. The Labute approximate surface area is 66.1 Å². The third-order valence-electron chi connectivity index (χ3n) is 2.96. The van der Waals surface area contributed by atoms with Crippen LogP contribution in [0, 0.1) is 23.2 Å². The molecular formula is C9H11NO. The van der Waals surface area contributed by atoms with E-state index < -0.39 is 5.60 Å². The Morgan fingerprint density at radius 1 is 1.64 bits per heavy atom. The molecule has 0 saturated heterocycles. The maximum atomic E-state index is 9.77. The van der Waals surface area contributed by atoms with Gasteiger partial charge in [0.05, 0.1) is 6.07 Å². The van der Waals surface area contributed by atoms with Gasteiger partial charge in [-0.2, -0.15) is 5.26 Å². The van der Waals surface area contributed by atoms with E-state index in [-0.39, 0.29) is 5.92 Å². The molecule has 0 radical (unpaired) electrons. The number of nitriles is 1. The highest BCUT2D eigenvalue weighted by atomic mass is 16.3. The van der Waals surface area contributed by atoms with Gasteiger partial charge in [0.1, 0.15) is 0 Å². The van der Waals surface area contributed by atoms with Crippen molar-refractivity contribution in [3.63, 3.8) is 0 Å². The summed E-state index contributed by atoms with van der Waals surface area (Å²) in [4.78, 5) is 0. The lowest BCUT2D eigenvalue weighted by Crippen LogP contribution is -2.31. The van der Waals surface area contributed by atoms with Crippen LogP contribution in [-0.4, -0.2) is 10.7 Å². The second kappa shape index (κ2) is 2.09. The van der Waals surface area contributed by atoms with Crippen LogP contribution in [-0.2, 0) is 0 Å². The zero-order valence-corrected chi connectivity index (χ0v) is 6.33. The molecular weight excluding hydrogens is 138 g/mol. The molecule has 11 heavy (non-hydrogen) atoms. The van der Waals surface area contributed by atoms with Crippen LogP contribution in [0.25, 0.3) is 0 Å². The molecule has 0 unspecified atom stereocenters. The molecule has 2 rings (SSSR count). The van der Waals surface area contributed by atoms with E-state index in [1.807, 2.05) is 6.07 Å². The van der Waals surface area contributed by atoms with Gasteiger partial charge in [0, 0.05) is 5.92 Å². The molecule has 58 valence electrons. The molecule has 0 heterocycles. The molecule has 1 N–H and O–H groups in total. The minimum absolute atomic E-state index is 0.187. The summed E-state index contributed by atoms with van der Waals surface area (Å²) in [6.45, 7) is 0. The highest BCUT2D eigenvalue weighted by Gasteiger charge is 2.47. The summed E-state index contributed by atoms with van der Waals surface area (Å²) in [5.41, 5.74) is -1.02. The molecule has 2 aliphatic rings. The first-order valence-corrected chi connectivity index (χ1v) is 4.06. The Morgan fingerprint density at radius 3 is 3.18 bits per heavy atom. The number of hydrogen-bond acceptors (Lipinski definition) is 2. The summed E-state index contributed by atoms with van der Waals surface area (Å²) in [6.07, 6.45) is 6.74. The summed E-state index contributed by atoms with van der Waals surface area (Å²) in [5, 5.41) is 18.5. The lowest BCUT2D eigenvalue weighted by atomic mass is 9.88. The number of hydrogen-bond donors (Lipinski definition) is 1. The van der Waals surface area contributed by atoms with Crippen molar-refractivity contribution >= 4 is 0 Å². The molecule has 0 bridgehead atoms. The number of nitrogens with zero attached hydrogens (tertiary/aromatic N) is 1. The molecule has 0 aromatic rings. The van der Waals surface area contributed by atoms with E-state index in [1.165, 1.54) is 0 Å². The van der Waals surface area contributed by atoms with Crippen LogP contribution in [0.2, 0.25) is 0 Å². The maximum absolute atomic E-state index is 9.77. The molecule has 2 nitrogen and oxygen atoms in total. The van der Waals surface area contributed by atoms with Gasteiger partial charge in [-0.15, -0.1) is 0 Å². The van der Waals surface area contributed by atoms with Gasteiger partial charge in [-0.3, -0.25) is 0 Å². The van der Waals surface area contributed by atoms with E-state index in [0.29, 0.717) is 12.3 Å². The molecule has 0 aromatic carbocycles. The topological polar surface area (TPSA) is 44.0 Å². The normalized spacial score (nSPS) is 47.3. The van der Waals surface area contributed by atoms with Crippen LogP contribution in [0.15, 0.2) is 12.2 Å². The van der Waals surface area contributed by atoms with Gasteiger partial charge in [0.25, 0.3) is 0 Å². The molecule has 1 saturated carbocycles. The van der Waals surface area contributed by atoms with E-state index >= 15 is 0 Å². The van der Waals surface area contributed by atoms with Crippen molar-refractivity contribution in [3.8, 4) is 6.07 Å². The molecule has 0 amide bonds. The lowest BCUT2D eigenvalue weighted by Gasteiger charge is -2.20. The van der Waals surface area contributed by atoms with Crippen LogP contribution in [0.1, 0.15) is 19.3 Å². The Bertz CT molecular complexity index is 240. The lowest BCUT2D eigenvalue weighted by molar-refractivity contribution is 0.0561. The average molecular weight is 149 g/mol. The standard InChI is InChI=1S/C9H11NO/c10-6-9(11)5-4-7-2-1-3-8(7)9/h1-2,7-8,11H,3-5H2/t7-,8-,9+/m1/s1. The zero-order valence-electron chi connectivity index (χ0n) is 6.33. The summed E-state index contributed by atoms with van der Waals surface area (Å²) >= 11 is 0. The Hall–Kier alpha value is -0.810. The predicted molar refractivity (Wildman–Crippen MR) is 40.5 cm³/mol. The van der Waals surface area contributed by atoms with Gasteiger partial charge in [0.2, 0.25) is 0 Å². The fourth-order valence-electron chi connectivity index (χ4n) is 2.27. The van der Waals surface area contributed by atoms with Crippen molar-refractivity contribution in [2.75, 3.05) is 0 Å². The van der Waals surface area contributed by atoms with E-state index in [1.54, 1.807) is 0 Å². The minimum atomic E-state index is -1.02. The maximum Gasteiger partial charge on any atom is 0.154 e. The third kappa shape index (κ3) is 0.812. The van der Waals surface area contributed by atoms with Crippen LogP contribution >= 0.6 is 0 Å². The van der Waals surface area contributed by atoms with Gasteiger partial charge in [-0.1, -0.05) is 12.2 Å². The van der Waals surface area contributed by atoms with Crippen molar-refractivity contribution < 1.29 is 5.11 Å². The second-order valence-electron chi connectivity index (χ2n) is 3.51. The monoisotopic (exact) mass is 149 g/mol. The van der Waals surface area contributed by atoms with E-state index in [9.17, 15) is 5.11 Å². The Kier molecular flexibility index (Phi) is 1.30. The van der Waals surface area contributed by atoms with Gasteiger partial charge < -0.3 is 5.11 Å². The van der Waals surface area contributed by atoms with Crippen LogP contribution in [0.3, 0.4) is 0 Å². The van der Waals surface area contributed by atoms with E-state index in [0.717, 1.165) is 12.8 Å². The van der Waals surface area contributed by atoms with Crippen LogP contribution in [0.5, 0.6) is 0 Å². The molecule has 0 aromatic heterocycles. The van der Waals surface area contributed by atoms with Crippen molar-refractivity contribution in [2.45, 2.75) is 24.9 Å². The van der Waals surface area contributed by atoms with Crippen LogP contribution < -0.4 is 0 Å². The summed E-state index contributed by atoms with van der Waals surface area (Å²) < 4.78 is 0. The first kappa shape index (κ1) is 6.87. The molecule has 2 aliphatic carbocycles.